The van der Waals surface area contributed by atoms with E-state index in [9.17, 15) is 9.59 Å². The molecule has 0 aromatic rings. The van der Waals surface area contributed by atoms with Crippen LogP contribution in [0.3, 0.4) is 0 Å². The molecule has 0 aromatic carbocycles. The summed E-state index contributed by atoms with van der Waals surface area (Å²) in [5, 5.41) is 3.52. The monoisotopic (exact) mass is 679 g/mol. The van der Waals surface area contributed by atoms with E-state index in [0.717, 1.165) is 69.4 Å². The Kier molecular flexibility index (Phi) is 29.0. The van der Waals surface area contributed by atoms with E-state index in [1.807, 2.05) is 0 Å². The van der Waals surface area contributed by atoms with Crippen LogP contribution in [0.5, 0.6) is 0 Å². The zero-order valence-electron chi connectivity index (χ0n) is 31.6. The first kappa shape index (κ1) is 44.0. The first-order chi connectivity index (χ1) is 22.9. The van der Waals surface area contributed by atoms with Crippen molar-refractivity contribution in [2.24, 2.45) is 5.41 Å². The highest BCUT2D eigenvalue weighted by molar-refractivity contribution is 7.80. The number of unbranched alkanes of at least 4 members (excludes halogenated alkanes) is 19. The lowest BCUT2D eigenvalue weighted by atomic mass is 10.0. The number of esters is 1. The number of hydrogen-bond acceptors (Lipinski definition) is 5. The van der Waals surface area contributed by atoms with Crippen molar-refractivity contribution in [3.63, 3.8) is 0 Å². The van der Waals surface area contributed by atoms with Gasteiger partial charge in [-0.15, -0.1) is 0 Å². The molecule has 0 unspecified atom stereocenters. The van der Waals surface area contributed by atoms with Crippen molar-refractivity contribution < 1.29 is 14.3 Å². The largest absolute Gasteiger partial charge is 0.462 e. The van der Waals surface area contributed by atoms with Crippen LogP contribution in [-0.2, 0) is 14.3 Å². The average Bonchev–Trinajstić information content (AvgIpc) is 3.82. The van der Waals surface area contributed by atoms with E-state index in [-0.39, 0.29) is 17.5 Å². The smallest absolute Gasteiger partial charge is 0.306 e. The fraction of sp³-hybridized carbons (Fsp3) is 0.927. The molecule has 1 aliphatic rings. The standard InChI is InChI=1S/C41H78N2O3S/c1-4-6-8-10-15-21-28-38(29-22-16-11-9-7-5-2)46-39(45)30-23-17-14-19-25-35-43(34-24-18-12-13-20-26-37-44)36-27-33-42-40(47)41(3)31-32-41/h37-38H,4-36H2,1-3H3,(H,42,47). The van der Waals surface area contributed by atoms with Crippen molar-refractivity contribution in [3.05, 3.63) is 0 Å². The Morgan fingerprint density at radius 2 is 1.17 bits per heavy atom. The Morgan fingerprint density at radius 1 is 0.702 bits per heavy atom. The second-order valence-corrected chi connectivity index (χ2v) is 15.4. The van der Waals surface area contributed by atoms with Crippen LogP contribution in [0.15, 0.2) is 0 Å². The third-order valence-electron chi connectivity index (χ3n) is 10.2. The molecule has 0 spiro atoms. The van der Waals surface area contributed by atoms with E-state index in [2.05, 4.69) is 31.0 Å². The molecular weight excluding hydrogens is 601 g/mol. The number of thiocarbonyl (C=S) groups is 1. The minimum absolute atomic E-state index is 0.0353. The van der Waals surface area contributed by atoms with Crippen LogP contribution in [0, 0.1) is 5.41 Å². The summed E-state index contributed by atoms with van der Waals surface area (Å²) in [5.74, 6) is 0.0353. The Morgan fingerprint density at radius 3 is 1.70 bits per heavy atom. The summed E-state index contributed by atoms with van der Waals surface area (Å²) < 4.78 is 6.05. The lowest BCUT2D eigenvalue weighted by Crippen LogP contribution is -2.33. The van der Waals surface area contributed by atoms with Crippen LogP contribution in [0.1, 0.15) is 207 Å². The third kappa shape index (κ3) is 26.5. The van der Waals surface area contributed by atoms with E-state index in [0.29, 0.717) is 12.8 Å². The van der Waals surface area contributed by atoms with Gasteiger partial charge in [-0.3, -0.25) is 4.79 Å². The van der Waals surface area contributed by atoms with Gasteiger partial charge in [0.2, 0.25) is 0 Å². The van der Waals surface area contributed by atoms with Crippen LogP contribution >= 0.6 is 12.2 Å². The van der Waals surface area contributed by atoms with Gasteiger partial charge in [0, 0.05) is 24.8 Å². The SMILES string of the molecule is CCCCCCCCC(CCCCCCCC)OC(=O)CCCCCCCN(CCCCCCCC=O)CCCNC(=S)C1(C)CC1. The molecule has 0 radical (unpaired) electrons. The lowest BCUT2D eigenvalue weighted by molar-refractivity contribution is -0.150. The topological polar surface area (TPSA) is 58.6 Å². The number of carbonyl (C=O) groups is 2. The van der Waals surface area contributed by atoms with Gasteiger partial charge in [0.1, 0.15) is 12.4 Å². The van der Waals surface area contributed by atoms with Gasteiger partial charge in [-0.25, -0.2) is 0 Å². The number of aldehydes is 1. The van der Waals surface area contributed by atoms with E-state index < -0.39 is 0 Å². The van der Waals surface area contributed by atoms with Crippen LogP contribution in [0.4, 0.5) is 0 Å². The van der Waals surface area contributed by atoms with Crippen molar-refractivity contribution in [2.45, 2.75) is 213 Å². The number of nitrogens with zero attached hydrogens (tertiary/aromatic N) is 1. The molecular formula is C41H78N2O3S. The Labute approximate surface area is 297 Å². The van der Waals surface area contributed by atoms with Gasteiger partial charge in [0.25, 0.3) is 0 Å². The zero-order chi connectivity index (χ0) is 34.3. The van der Waals surface area contributed by atoms with Gasteiger partial charge in [0.05, 0.1) is 4.99 Å². The molecule has 6 heteroatoms. The highest BCUT2D eigenvalue weighted by Crippen LogP contribution is 2.45. The van der Waals surface area contributed by atoms with E-state index in [1.54, 1.807) is 0 Å². The first-order valence-electron chi connectivity index (χ1n) is 20.6. The van der Waals surface area contributed by atoms with E-state index in [1.165, 1.54) is 141 Å². The van der Waals surface area contributed by atoms with Crippen molar-refractivity contribution in [1.29, 1.82) is 0 Å². The number of nitrogens with one attached hydrogen (secondary N) is 1. The molecule has 1 aliphatic carbocycles. The van der Waals surface area contributed by atoms with Crippen molar-refractivity contribution in [1.82, 2.24) is 10.2 Å². The fourth-order valence-corrected chi connectivity index (χ4v) is 6.81. The minimum Gasteiger partial charge on any atom is -0.462 e. The summed E-state index contributed by atoms with van der Waals surface area (Å²) >= 11 is 5.61. The van der Waals surface area contributed by atoms with E-state index >= 15 is 0 Å². The van der Waals surface area contributed by atoms with Gasteiger partial charge < -0.3 is 19.7 Å². The van der Waals surface area contributed by atoms with Crippen LogP contribution in [0.25, 0.3) is 0 Å². The lowest BCUT2D eigenvalue weighted by Gasteiger charge is -2.23. The average molecular weight is 679 g/mol. The molecule has 1 N–H and O–H groups in total. The number of carbonyl (C=O) groups excluding carboxylic acids is 2. The highest BCUT2D eigenvalue weighted by Gasteiger charge is 2.41. The van der Waals surface area contributed by atoms with Gasteiger partial charge in [0.15, 0.2) is 0 Å². The molecule has 0 saturated heterocycles. The third-order valence-corrected chi connectivity index (χ3v) is 10.8. The maximum absolute atomic E-state index is 12.7. The fourth-order valence-electron chi connectivity index (χ4n) is 6.51. The molecule has 0 bridgehead atoms. The molecule has 276 valence electrons. The maximum Gasteiger partial charge on any atom is 0.306 e. The quantitative estimate of drug-likeness (QED) is 0.0308. The summed E-state index contributed by atoms with van der Waals surface area (Å²) in [7, 11) is 0. The number of rotatable bonds is 36. The molecule has 0 aromatic heterocycles. The molecule has 0 amide bonds. The predicted octanol–water partition coefficient (Wildman–Crippen LogP) is 11.7. The zero-order valence-corrected chi connectivity index (χ0v) is 32.4. The molecule has 0 heterocycles. The molecule has 1 rings (SSSR count). The second-order valence-electron chi connectivity index (χ2n) is 15.0. The second kappa shape index (κ2) is 31.0. The maximum atomic E-state index is 12.7. The highest BCUT2D eigenvalue weighted by atomic mass is 32.1. The predicted molar refractivity (Wildman–Crippen MR) is 206 cm³/mol. The Bertz CT molecular complexity index is 741. The Balaban J connectivity index is 2.27. The van der Waals surface area contributed by atoms with Crippen LogP contribution in [0.2, 0.25) is 0 Å². The summed E-state index contributed by atoms with van der Waals surface area (Å²) in [6, 6.07) is 0. The van der Waals surface area contributed by atoms with Gasteiger partial charge in [-0.1, -0.05) is 136 Å². The molecule has 0 aliphatic heterocycles. The normalized spacial score (nSPS) is 13.7. The van der Waals surface area contributed by atoms with Crippen molar-refractivity contribution in [3.8, 4) is 0 Å². The van der Waals surface area contributed by atoms with Crippen molar-refractivity contribution in [2.75, 3.05) is 26.2 Å². The van der Waals surface area contributed by atoms with Crippen LogP contribution < -0.4 is 5.32 Å². The Hall–Kier alpha value is -1.01. The number of hydrogen-bond donors (Lipinski definition) is 1. The van der Waals surface area contributed by atoms with Crippen LogP contribution in [-0.4, -0.2) is 54.4 Å². The molecule has 1 fully saturated rings. The first-order valence-corrected chi connectivity index (χ1v) is 21.0. The minimum atomic E-state index is 0.0353. The molecule has 5 nitrogen and oxygen atoms in total. The van der Waals surface area contributed by atoms with Crippen molar-refractivity contribution >= 4 is 29.5 Å². The van der Waals surface area contributed by atoms with Gasteiger partial charge in [-0.2, -0.15) is 0 Å². The summed E-state index contributed by atoms with van der Waals surface area (Å²) in [5.41, 5.74) is 0.276. The molecule has 0 atom stereocenters. The summed E-state index contributed by atoms with van der Waals surface area (Å²) in [4.78, 5) is 27.0. The summed E-state index contributed by atoms with van der Waals surface area (Å²) in [6.45, 7) is 11.2. The summed E-state index contributed by atoms with van der Waals surface area (Å²) in [6.07, 6.45) is 35.3. The number of ether oxygens (including phenoxy) is 1. The molecule has 1 saturated carbocycles. The van der Waals surface area contributed by atoms with Gasteiger partial charge in [-0.05, 0) is 90.3 Å². The van der Waals surface area contributed by atoms with E-state index in [4.69, 9.17) is 17.0 Å². The van der Waals surface area contributed by atoms with Gasteiger partial charge >= 0.3 is 5.97 Å². The molecule has 47 heavy (non-hydrogen) atoms.